The van der Waals surface area contributed by atoms with E-state index < -0.39 is 0 Å². The summed E-state index contributed by atoms with van der Waals surface area (Å²) in [6, 6.07) is 8.47. The maximum absolute atomic E-state index is 5.90. The minimum absolute atomic E-state index is 0.244. The standard InChI is InChI=1S/C16H25NO/c1-12(2)18-16-7-5-4-6-14(16)10-15-11-17-9-8-13(15)3/h4-7,12-13,15,17H,8-11H2,1-3H3. The Balaban J connectivity index is 2.07. The molecule has 0 spiro atoms. The van der Waals surface area contributed by atoms with Crippen molar-refractivity contribution in [2.45, 2.75) is 39.7 Å². The minimum atomic E-state index is 0.244. The highest BCUT2D eigenvalue weighted by molar-refractivity contribution is 5.34. The molecule has 0 aliphatic carbocycles. The Morgan fingerprint density at radius 3 is 2.83 bits per heavy atom. The molecule has 0 radical (unpaired) electrons. The fraction of sp³-hybridized carbons (Fsp3) is 0.625. The van der Waals surface area contributed by atoms with Crippen LogP contribution in [0.15, 0.2) is 24.3 Å². The smallest absolute Gasteiger partial charge is 0.122 e. The number of ether oxygens (including phenoxy) is 1. The van der Waals surface area contributed by atoms with Crippen LogP contribution in [0, 0.1) is 11.8 Å². The van der Waals surface area contributed by atoms with Crippen LogP contribution in [0.1, 0.15) is 32.8 Å². The van der Waals surface area contributed by atoms with Gasteiger partial charge in [0.25, 0.3) is 0 Å². The van der Waals surface area contributed by atoms with Gasteiger partial charge in [-0.3, -0.25) is 0 Å². The zero-order valence-corrected chi connectivity index (χ0v) is 11.8. The normalized spacial score (nSPS) is 24.2. The molecule has 1 aliphatic heterocycles. The maximum atomic E-state index is 5.90. The van der Waals surface area contributed by atoms with Crippen molar-refractivity contribution in [2.75, 3.05) is 13.1 Å². The van der Waals surface area contributed by atoms with Crippen LogP contribution in [0.4, 0.5) is 0 Å². The predicted molar refractivity (Wildman–Crippen MR) is 76.1 cm³/mol. The molecule has 0 saturated carbocycles. The molecule has 1 aromatic rings. The second kappa shape index (κ2) is 6.24. The zero-order valence-electron chi connectivity index (χ0n) is 11.8. The van der Waals surface area contributed by atoms with E-state index in [0.29, 0.717) is 0 Å². The lowest BCUT2D eigenvalue weighted by Gasteiger charge is -2.30. The summed E-state index contributed by atoms with van der Waals surface area (Å²) < 4.78 is 5.90. The van der Waals surface area contributed by atoms with Gasteiger partial charge in [0, 0.05) is 0 Å². The molecular formula is C16H25NO. The van der Waals surface area contributed by atoms with Crippen molar-refractivity contribution in [1.82, 2.24) is 5.32 Å². The third-order valence-electron chi connectivity index (χ3n) is 3.81. The van der Waals surface area contributed by atoms with E-state index >= 15 is 0 Å². The molecule has 1 aromatic carbocycles. The molecule has 0 aromatic heterocycles. The monoisotopic (exact) mass is 247 g/mol. The van der Waals surface area contributed by atoms with E-state index in [0.717, 1.165) is 30.6 Å². The summed E-state index contributed by atoms with van der Waals surface area (Å²) in [7, 11) is 0. The Morgan fingerprint density at radius 1 is 1.33 bits per heavy atom. The fourth-order valence-electron chi connectivity index (χ4n) is 2.65. The number of para-hydroxylation sites is 1. The third-order valence-corrected chi connectivity index (χ3v) is 3.81. The zero-order chi connectivity index (χ0) is 13.0. The Morgan fingerprint density at radius 2 is 2.11 bits per heavy atom. The molecule has 1 aliphatic rings. The van der Waals surface area contributed by atoms with Crippen molar-refractivity contribution in [3.8, 4) is 5.75 Å². The van der Waals surface area contributed by atoms with Crippen LogP contribution in [0.3, 0.4) is 0 Å². The SMILES string of the molecule is CC(C)Oc1ccccc1CC1CNCCC1C. The second-order valence-corrected chi connectivity index (χ2v) is 5.71. The Hall–Kier alpha value is -1.02. The van der Waals surface area contributed by atoms with Crippen molar-refractivity contribution in [2.24, 2.45) is 11.8 Å². The van der Waals surface area contributed by atoms with Crippen LogP contribution >= 0.6 is 0 Å². The lowest BCUT2D eigenvalue weighted by atomic mass is 9.83. The first-order valence-electron chi connectivity index (χ1n) is 7.12. The number of rotatable bonds is 4. The quantitative estimate of drug-likeness (QED) is 0.881. The molecule has 1 N–H and O–H groups in total. The van der Waals surface area contributed by atoms with Gasteiger partial charge in [-0.1, -0.05) is 25.1 Å². The molecule has 2 atom stereocenters. The first kappa shape index (κ1) is 13.4. The summed E-state index contributed by atoms with van der Waals surface area (Å²) in [5.41, 5.74) is 1.35. The highest BCUT2D eigenvalue weighted by Crippen LogP contribution is 2.27. The molecule has 0 amide bonds. The third kappa shape index (κ3) is 3.49. The average Bonchev–Trinajstić information content (AvgIpc) is 2.34. The van der Waals surface area contributed by atoms with Gasteiger partial charge in [-0.2, -0.15) is 0 Å². The second-order valence-electron chi connectivity index (χ2n) is 5.71. The number of benzene rings is 1. The van der Waals surface area contributed by atoms with Crippen LogP contribution in [-0.2, 0) is 6.42 Å². The molecule has 0 bridgehead atoms. The van der Waals surface area contributed by atoms with Gasteiger partial charge in [-0.25, -0.2) is 0 Å². The van der Waals surface area contributed by atoms with Gasteiger partial charge in [0.15, 0.2) is 0 Å². The summed E-state index contributed by atoms with van der Waals surface area (Å²) in [6.07, 6.45) is 2.66. The first-order valence-corrected chi connectivity index (χ1v) is 7.12. The van der Waals surface area contributed by atoms with E-state index in [2.05, 4.69) is 50.4 Å². The van der Waals surface area contributed by atoms with Crippen LogP contribution in [0.25, 0.3) is 0 Å². The van der Waals surface area contributed by atoms with Gasteiger partial charge in [0.05, 0.1) is 6.10 Å². The topological polar surface area (TPSA) is 21.3 Å². The maximum Gasteiger partial charge on any atom is 0.122 e. The molecule has 1 saturated heterocycles. The lowest BCUT2D eigenvalue weighted by molar-refractivity contribution is 0.233. The first-order chi connectivity index (χ1) is 8.66. The lowest BCUT2D eigenvalue weighted by Crippen LogP contribution is -2.36. The molecule has 2 unspecified atom stereocenters. The van der Waals surface area contributed by atoms with E-state index in [-0.39, 0.29) is 6.10 Å². The van der Waals surface area contributed by atoms with Crippen molar-refractivity contribution in [3.05, 3.63) is 29.8 Å². The van der Waals surface area contributed by atoms with Crippen molar-refractivity contribution in [1.29, 1.82) is 0 Å². The Labute approximate surface area is 111 Å². The van der Waals surface area contributed by atoms with Gasteiger partial charge in [-0.05, 0) is 63.2 Å². The highest BCUT2D eigenvalue weighted by atomic mass is 16.5. The Kier molecular flexibility index (Phi) is 4.65. The van der Waals surface area contributed by atoms with E-state index in [4.69, 9.17) is 4.74 Å². The van der Waals surface area contributed by atoms with Crippen molar-refractivity contribution >= 4 is 0 Å². The summed E-state index contributed by atoms with van der Waals surface area (Å²) in [6.45, 7) is 8.85. The molecular weight excluding hydrogens is 222 g/mol. The van der Waals surface area contributed by atoms with E-state index in [1.54, 1.807) is 0 Å². The van der Waals surface area contributed by atoms with E-state index in [1.807, 2.05) is 0 Å². The predicted octanol–water partition coefficient (Wildman–Crippen LogP) is 3.26. The molecule has 1 heterocycles. The van der Waals surface area contributed by atoms with Gasteiger partial charge < -0.3 is 10.1 Å². The number of hydrogen-bond acceptors (Lipinski definition) is 2. The summed E-state index contributed by atoms with van der Waals surface area (Å²) in [5, 5.41) is 3.50. The summed E-state index contributed by atoms with van der Waals surface area (Å²) in [5.74, 6) is 2.60. The highest BCUT2D eigenvalue weighted by Gasteiger charge is 2.22. The molecule has 1 fully saturated rings. The van der Waals surface area contributed by atoms with Gasteiger partial charge in [0.1, 0.15) is 5.75 Å². The molecule has 2 rings (SSSR count). The largest absolute Gasteiger partial charge is 0.491 e. The van der Waals surface area contributed by atoms with Crippen molar-refractivity contribution < 1.29 is 4.74 Å². The molecule has 100 valence electrons. The van der Waals surface area contributed by atoms with Gasteiger partial charge in [0.2, 0.25) is 0 Å². The summed E-state index contributed by atoms with van der Waals surface area (Å²) in [4.78, 5) is 0. The minimum Gasteiger partial charge on any atom is -0.491 e. The van der Waals surface area contributed by atoms with Crippen LogP contribution in [-0.4, -0.2) is 19.2 Å². The molecule has 18 heavy (non-hydrogen) atoms. The van der Waals surface area contributed by atoms with Crippen LogP contribution in [0.2, 0.25) is 0 Å². The Bertz CT molecular complexity index is 375. The molecule has 2 heteroatoms. The van der Waals surface area contributed by atoms with E-state index in [9.17, 15) is 0 Å². The fourth-order valence-corrected chi connectivity index (χ4v) is 2.65. The van der Waals surface area contributed by atoms with Crippen molar-refractivity contribution in [3.63, 3.8) is 0 Å². The summed E-state index contributed by atoms with van der Waals surface area (Å²) >= 11 is 0. The van der Waals surface area contributed by atoms with Crippen LogP contribution < -0.4 is 10.1 Å². The average molecular weight is 247 g/mol. The number of nitrogens with one attached hydrogen (secondary N) is 1. The van der Waals surface area contributed by atoms with Gasteiger partial charge in [-0.15, -0.1) is 0 Å². The van der Waals surface area contributed by atoms with Gasteiger partial charge >= 0.3 is 0 Å². The van der Waals surface area contributed by atoms with Crippen LogP contribution in [0.5, 0.6) is 5.75 Å². The number of hydrogen-bond donors (Lipinski definition) is 1. The van der Waals surface area contributed by atoms with E-state index in [1.165, 1.54) is 18.5 Å². The molecule has 2 nitrogen and oxygen atoms in total. The number of piperidine rings is 1.